The number of rotatable bonds is 10. The zero-order chi connectivity index (χ0) is 19.5. The molecule has 0 unspecified atom stereocenters. The van der Waals surface area contributed by atoms with E-state index in [1.807, 2.05) is 12.1 Å². The van der Waals surface area contributed by atoms with E-state index in [1.54, 1.807) is 19.2 Å². The fourth-order valence-corrected chi connectivity index (χ4v) is 2.45. The van der Waals surface area contributed by atoms with Crippen LogP contribution >= 0.6 is 0 Å². The molecule has 0 saturated carbocycles. The van der Waals surface area contributed by atoms with Crippen molar-refractivity contribution in [3.63, 3.8) is 0 Å². The number of unbranched alkanes of at least 4 members (excludes halogenated alkanes) is 1. The highest BCUT2D eigenvalue weighted by Gasteiger charge is 2.06. The van der Waals surface area contributed by atoms with Crippen molar-refractivity contribution < 1.29 is 24.1 Å². The largest absolute Gasteiger partial charge is 0.497 e. The molecule has 0 fully saturated rings. The van der Waals surface area contributed by atoms with Crippen LogP contribution in [0.4, 0.5) is 0 Å². The number of hydrogen-bond donors (Lipinski definition) is 1. The van der Waals surface area contributed by atoms with E-state index < -0.39 is 5.97 Å². The van der Waals surface area contributed by atoms with Crippen LogP contribution < -0.4 is 9.47 Å². The summed E-state index contributed by atoms with van der Waals surface area (Å²) in [4.78, 5) is 15.6. The molecule has 0 atom stereocenters. The highest BCUT2D eigenvalue weighted by molar-refractivity contribution is 5.87. The number of benzene rings is 1. The van der Waals surface area contributed by atoms with Crippen molar-refractivity contribution in [2.24, 2.45) is 0 Å². The highest BCUT2D eigenvalue weighted by Crippen LogP contribution is 2.20. The molecular weight excluding hydrogens is 346 g/mol. The third-order valence-corrected chi connectivity index (χ3v) is 3.96. The van der Waals surface area contributed by atoms with Crippen LogP contribution in [0, 0.1) is 0 Å². The van der Waals surface area contributed by atoms with Crippen molar-refractivity contribution in [2.45, 2.75) is 25.9 Å². The van der Waals surface area contributed by atoms with E-state index in [4.69, 9.17) is 9.47 Å². The molecule has 6 heteroatoms. The summed E-state index contributed by atoms with van der Waals surface area (Å²) >= 11 is 0. The Kier molecular flexibility index (Phi) is 8.32. The first kappa shape index (κ1) is 20.5. The summed E-state index contributed by atoms with van der Waals surface area (Å²) in [5.74, 6) is 0.946. The molecule has 6 nitrogen and oxygen atoms in total. The van der Waals surface area contributed by atoms with E-state index in [0.717, 1.165) is 25.0 Å². The number of methoxy groups -OCH3 is 2. The van der Waals surface area contributed by atoms with Gasteiger partial charge in [0.15, 0.2) is 0 Å². The summed E-state index contributed by atoms with van der Waals surface area (Å²) in [6.45, 7) is 0.358. The SMILES string of the molecule is COC(=O)/C=C/c1nc(CO)ccc1OCCCCc1ccc(OC)cc1. The Morgan fingerprint density at radius 1 is 1.11 bits per heavy atom. The van der Waals surface area contributed by atoms with E-state index >= 15 is 0 Å². The lowest BCUT2D eigenvalue weighted by Crippen LogP contribution is -2.03. The van der Waals surface area contributed by atoms with Gasteiger partial charge in [-0.2, -0.15) is 0 Å². The van der Waals surface area contributed by atoms with Crippen molar-refractivity contribution in [1.82, 2.24) is 4.98 Å². The average Bonchev–Trinajstić information content (AvgIpc) is 2.72. The highest BCUT2D eigenvalue weighted by atomic mass is 16.5. The van der Waals surface area contributed by atoms with Gasteiger partial charge in [-0.1, -0.05) is 12.1 Å². The number of ether oxygens (including phenoxy) is 3. The second-order valence-electron chi connectivity index (χ2n) is 5.85. The van der Waals surface area contributed by atoms with Gasteiger partial charge in [-0.25, -0.2) is 9.78 Å². The first-order chi connectivity index (χ1) is 13.2. The van der Waals surface area contributed by atoms with Gasteiger partial charge in [0.1, 0.15) is 17.2 Å². The van der Waals surface area contributed by atoms with E-state index in [1.165, 1.54) is 24.8 Å². The smallest absolute Gasteiger partial charge is 0.330 e. The lowest BCUT2D eigenvalue weighted by atomic mass is 10.1. The van der Waals surface area contributed by atoms with Crippen molar-refractivity contribution in [3.05, 3.63) is 59.4 Å². The summed E-state index contributed by atoms with van der Waals surface area (Å²) in [5, 5.41) is 9.24. The van der Waals surface area contributed by atoms with Gasteiger partial charge in [-0.3, -0.25) is 0 Å². The van der Waals surface area contributed by atoms with E-state index in [9.17, 15) is 9.90 Å². The van der Waals surface area contributed by atoms with Gasteiger partial charge in [-0.15, -0.1) is 0 Å². The minimum absolute atomic E-state index is 0.179. The summed E-state index contributed by atoms with van der Waals surface area (Å²) < 4.78 is 15.6. The molecule has 1 heterocycles. The number of aryl methyl sites for hydroxylation is 1. The number of pyridine rings is 1. The standard InChI is InChI=1S/C21H25NO5/c1-25-18-9-6-16(7-10-18)5-3-4-14-27-20-12-8-17(15-23)22-19(20)11-13-21(24)26-2/h6-13,23H,3-5,14-15H2,1-2H3/b13-11+. The fourth-order valence-electron chi connectivity index (χ4n) is 2.45. The molecule has 0 radical (unpaired) electrons. The molecule has 27 heavy (non-hydrogen) atoms. The van der Waals surface area contributed by atoms with Gasteiger partial charge in [0.2, 0.25) is 0 Å². The third kappa shape index (κ3) is 6.75. The molecule has 0 amide bonds. The molecule has 1 N–H and O–H groups in total. The Balaban J connectivity index is 1.86. The van der Waals surface area contributed by atoms with Crippen LogP contribution in [0.25, 0.3) is 6.08 Å². The topological polar surface area (TPSA) is 77.9 Å². The monoisotopic (exact) mass is 371 g/mol. The predicted molar refractivity (Wildman–Crippen MR) is 103 cm³/mol. The number of esters is 1. The summed E-state index contributed by atoms with van der Waals surface area (Å²) in [6.07, 6.45) is 5.64. The van der Waals surface area contributed by atoms with E-state index in [0.29, 0.717) is 23.7 Å². The second kappa shape index (κ2) is 11.0. The molecule has 0 aliphatic carbocycles. The van der Waals surface area contributed by atoms with Crippen molar-refractivity contribution in [2.75, 3.05) is 20.8 Å². The minimum atomic E-state index is -0.475. The maximum atomic E-state index is 11.3. The number of aromatic nitrogens is 1. The lowest BCUT2D eigenvalue weighted by molar-refractivity contribution is -0.134. The number of carbonyl (C=O) groups is 1. The fraction of sp³-hybridized carbons (Fsp3) is 0.333. The van der Waals surface area contributed by atoms with Gasteiger partial charge in [0, 0.05) is 6.08 Å². The Morgan fingerprint density at radius 3 is 2.56 bits per heavy atom. The minimum Gasteiger partial charge on any atom is -0.497 e. The van der Waals surface area contributed by atoms with Gasteiger partial charge in [0.05, 0.1) is 33.1 Å². The Bertz CT molecular complexity index is 756. The van der Waals surface area contributed by atoms with Crippen molar-refractivity contribution in [3.8, 4) is 11.5 Å². The number of hydrogen-bond acceptors (Lipinski definition) is 6. The number of carbonyl (C=O) groups excluding carboxylic acids is 1. The van der Waals surface area contributed by atoms with Crippen LogP contribution in [0.2, 0.25) is 0 Å². The third-order valence-electron chi connectivity index (χ3n) is 3.96. The lowest BCUT2D eigenvalue weighted by Gasteiger charge is -2.10. The summed E-state index contributed by atoms with van der Waals surface area (Å²) in [6, 6.07) is 11.5. The van der Waals surface area contributed by atoms with E-state index in [2.05, 4.69) is 21.9 Å². The van der Waals surface area contributed by atoms with Crippen LogP contribution in [0.15, 0.2) is 42.5 Å². The van der Waals surface area contributed by atoms with Crippen LogP contribution in [-0.4, -0.2) is 36.9 Å². The van der Waals surface area contributed by atoms with E-state index in [-0.39, 0.29) is 6.61 Å². The molecule has 0 aliphatic heterocycles. The first-order valence-corrected chi connectivity index (χ1v) is 8.78. The predicted octanol–water partition coefficient (Wildman–Crippen LogP) is 3.17. The number of aliphatic hydroxyl groups is 1. The van der Waals surface area contributed by atoms with Crippen LogP contribution in [0.3, 0.4) is 0 Å². The quantitative estimate of drug-likeness (QED) is 0.393. The van der Waals surface area contributed by atoms with Crippen LogP contribution in [0.5, 0.6) is 11.5 Å². The number of aliphatic hydroxyl groups excluding tert-OH is 1. The normalized spacial score (nSPS) is 10.8. The maximum Gasteiger partial charge on any atom is 0.330 e. The molecule has 2 aromatic rings. The van der Waals surface area contributed by atoms with Crippen LogP contribution in [0.1, 0.15) is 29.8 Å². The maximum absolute atomic E-state index is 11.3. The summed E-state index contributed by atoms with van der Waals surface area (Å²) in [7, 11) is 2.97. The molecule has 0 saturated heterocycles. The van der Waals surface area contributed by atoms with Gasteiger partial charge < -0.3 is 19.3 Å². The molecule has 144 valence electrons. The van der Waals surface area contributed by atoms with Crippen molar-refractivity contribution in [1.29, 1.82) is 0 Å². The van der Waals surface area contributed by atoms with Gasteiger partial charge in [-0.05, 0) is 55.2 Å². The molecule has 0 bridgehead atoms. The zero-order valence-corrected chi connectivity index (χ0v) is 15.7. The first-order valence-electron chi connectivity index (χ1n) is 8.78. The second-order valence-corrected chi connectivity index (χ2v) is 5.85. The molecule has 1 aromatic heterocycles. The molecular formula is C21H25NO5. The molecule has 1 aromatic carbocycles. The van der Waals surface area contributed by atoms with Crippen LogP contribution in [-0.2, 0) is 22.6 Å². The Hall–Kier alpha value is -2.86. The Morgan fingerprint density at radius 2 is 1.89 bits per heavy atom. The zero-order valence-electron chi connectivity index (χ0n) is 15.7. The molecule has 2 rings (SSSR count). The van der Waals surface area contributed by atoms with Crippen molar-refractivity contribution >= 4 is 12.0 Å². The Labute approximate surface area is 159 Å². The average molecular weight is 371 g/mol. The molecule has 0 spiro atoms. The summed E-state index contributed by atoms with van der Waals surface area (Å²) in [5.41, 5.74) is 2.25. The molecule has 0 aliphatic rings. The number of nitrogens with zero attached hydrogens (tertiary/aromatic N) is 1. The van der Waals surface area contributed by atoms with Gasteiger partial charge >= 0.3 is 5.97 Å². The van der Waals surface area contributed by atoms with Gasteiger partial charge in [0.25, 0.3) is 0 Å².